The Hall–Kier alpha value is -1.14. The predicted molar refractivity (Wildman–Crippen MR) is 105 cm³/mol. The molecule has 7 heteroatoms. The summed E-state index contributed by atoms with van der Waals surface area (Å²) in [6.45, 7) is 4.81. The van der Waals surface area contributed by atoms with Crippen LogP contribution in [0.5, 0.6) is 0 Å². The van der Waals surface area contributed by atoms with E-state index in [1.54, 1.807) is 11.3 Å². The van der Waals surface area contributed by atoms with Crippen LogP contribution in [-0.4, -0.2) is 30.5 Å². The van der Waals surface area contributed by atoms with Gasteiger partial charge in [-0.25, -0.2) is 0 Å². The fraction of sp³-hybridized carbons (Fsp3) is 0.412. The van der Waals surface area contributed by atoms with Crippen LogP contribution in [-0.2, 0) is 0 Å². The monoisotopic (exact) mass is 387 g/mol. The Bertz CT molecular complexity index is 643. The summed E-state index contributed by atoms with van der Waals surface area (Å²) < 4.78 is 0. The predicted octanol–water partition coefficient (Wildman–Crippen LogP) is 3.69. The average Bonchev–Trinajstić information content (AvgIpc) is 3.20. The van der Waals surface area contributed by atoms with Gasteiger partial charge in [-0.05, 0) is 62.4 Å². The molecule has 0 aliphatic carbocycles. The zero-order valence-electron chi connectivity index (χ0n) is 13.6. The molecule has 1 unspecified atom stereocenters. The van der Waals surface area contributed by atoms with Gasteiger partial charge in [0.25, 0.3) is 5.91 Å². The van der Waals surface area contributed by atoms with Gasteiger partial charge in [0, 0.05) is 17.5 Å². The highest BCUT2D eigenvalue weighted by Crippen LogP contribution is 2.21. The van der Waals surface area contributed by atoms with E-state index >= 15 is 0 Å². The van der Waals surface area contributed by atoms with Crippen LogP contribution in [0.2, 0.25) is 0 Å². The number of pyridine rings is 1. The molecule has 1 atom stereocenters. The van der Waals surface area contributed by atoms with Crippen molar-refractivity contribution in [3.8, 4) is 11.3 Å². The third kappa shape index (κ3) is 5.18. The number of thiophene rings is 1. The summed E-state index contributed by atoms with van der Waals surface area (Å²) in [5.74, 6) is 0.674. The lowest BCUT2D eigenvalue weighted by Gasteiger charge is -2.11. The number of nitrogens with zero attached hydrogens (tertiary/aromatic N) is 1. The molecule has 0 bridgehead atoms. The molecule has 1 aliphatic heterocycles. The van der Waals surface area contributed by atoms with E-state index in [0.717, 1.165) is 43.0 Å². The van der Waals surface area contributed by atoms with E-state index in [1.165, 1.54) is 6.42 Å². The molecule has 24 heavy (non-hydrogen) atoms. The first-order chi connectivity index (χ1) is 10.7. The first kappa shape index (κ1) is 20.9. The number of hydrogen-bond acceptors (Lipinski definition) is 4. The lowest BCUT2D eigenvalue weighted by Crippen LogP contribution is -2.27. The summed E-state index contributed by atoms with van der Waals surface area (Å²) in [6, 6.07) is 5.84. The van der Waals surface area contributed by atoms with E-state index in [4.69, 9.17) is 0 Å². The maximum atomic E-state index is 12.3. The van der Waals surface area contributed by atoms with Gasteiger partial charge in [-0.2, -0.15) is 11.3 Å². The fourth-order valence-corrected chi connectivity index (χ4v) is 3.47. The van der Waals surface area contributed by atoms with E-state index in [9.17, 15) is 4.79 Å². The number of carbonyl (C=O) groups excluding carboxylic acids is 1. The second kappa shape index (κ2) is 9.99. The van der Waals surface area contributed by atoms with Crippen molar-refractivity contribution in [1.82, 2.24) is 15.6 Å². The highest BCUT2D eigenvalue weighted by Gasteiger charge is 2.15. The first-order valence-corrected chi connectivity index (χ1v) is 8.67. The molecule has 2 N–H and O–H groups in total. The quantitative estimate of drug-likeness (QED) is 0.822. The van der Waals surface area contributed by atoms with Crippen molar-refractivity contribution in [2.75, 3.05) is 19.6 Å². The minimum Gasteiger partial charge on any atom is -0.352 e. The van der Waals surface area contributed by atoms with Gasteiger partial charge in [0.2, 0.25) is 0 Å². The van der Waals surface area contributed by atoms with Crippen molar-refractivity contribution < 1.29 is 4.79 Å². The minimum absolute atomic E-state index is 0. The van der Waals surface area contributed by atoms with Crippen LogP contribution in [0.4, 0.5) is 0 Å². The van der Waals surface area contributed by atoms with Crippen LogP contribution < -0.4 is 10.6 Å². The van der Waals surface area contributed by atoms with Gasteiger partial charge in [0.05, 0.1) is 17.0 Å². The smallest absolute Gasteiger partial charge is 0.253 e. The Labute approximate surface area is 159 Å². The van der Waals surface area contributed by atoms with Crippen LogP contribution in [0.15, 0.2) is 29.0 Å². The molecule has 0 spiro atoms. The van der Waals surface area contributed by atoms with Gasteiger partial charge < -0.3 is 10.6 Å². The molecule has 1 aliphatic rings. The van der Waals surface area contributed by atoms with Gasteiger partial charge >= 0.3 is 0 Å². The maximum absolute atomic E-state index is 12.3. The SMILES string of the molecule is Cc1nc(-c2ccsc2)ccc1C(=O)NCCC1CCNC1.Cl.Cl. The largest absolute Gasteiger partial charge is 0.352 e. The second-order valence-electron chi connectivity index (χ2n) is 5.74. The standard InChI is InChI=1S/C17H21N3OS.2ClH/c1-12-15(2-3-16(20-12)14-6-9-22-11-14)17(21)19-8-5-13-4-7-18-10-13;;/h2-3,6,9,11,13,18H,4-5,7-8,10H2,1H3,(H,19,21);2*1H. The molecule has 1 fully saturated rings. The topological polar surface area (TPSA) is 54.0 Å². The number of halogens is 2. The van der Waals surface area contributed by atoms with Crippen LogP contribution in [0.1, 0.15) is 28.9 Å². The Morgan fingerprint density at radius 3 is 2.83 bits per heavy atom. The number of aromatic nitrogens is 1. The molecule has 0 aromatic carbocycles. The Morgan fingerprint density at radius 2 is 2.21 bits per heavy atom. The molecule has 1 saturated heterocycles. The summed E-state index contributed by atoms with van der Waals surface area (Å²) in [5, 5.41) is 10.5. The Morgan fingerprint density at radius 1 is 1.38 bits per heavy atom. The molecule has 132 valence electrons. The summed E-state index contributed by atoms with van der Waals surface area (Å²) in [5.41, 5.74) is 3.48. The third-order valence-electron chi connectivity index (χ3n) is 4.15. The number of hydrogen-bond donors (Lipinski definition) is 2. The number of nitrogens with one attached hydrogen (secondary N) is 2. The lowest BCUT2D eigenvalue weighted by atomic mass is 10.1. The minimum atomic E-state index is -0.0205. The Balaban J connectivity index is 0.00000144. The molecular weight excluding hydrogens is 365 g/mol. The summed E-state index contributed by atoms with van der Waals surface area (Å²) in [4.78, 5) is 16.8. The lowest BCUT2D eigenvalue weighted by molar-refractivity contribution is 0.0950. The van der Waals surface area contributed by atoms with E-state index in [2.05, 4.69) is 21.0 Å². The van der Waals surface area contributed by atoms with Gasteiger partial charge in [-0.1, -0.05) is 0 Å². The second-order valence-corrected chi connectivity index (χ2v) is 6.52. The molecular formula is C17H23Cl2N3OS. The van der Waals surface area contributed by atoms with Gasteiger partial charge in [0.15, 0.2) is 0 Å². The number of amides is 1. The summed E-state index contributed by atoms with van der Waals surface area (Å²) in [6.07, 6.45) is 2.25. The average molecular weight is 388 g/mol. The highest BCUT2D eigenvalue weighted by molar-refractivity contribution is 7.08. The maximum Gasteiger partial charge on any atom is 0.253 e. The number of carbonyl (C=O) groups is 1. The van der Waals surface area contributed by atoms with Crippen LogP contribution >= 0.6 is 36.2 Å². The van der Waals surface area contributed by atoms with Crippen LogP contribution in [0.3, 0.4) is 0 Å². The van der Waals surface area contributed by atoms with Crippen molar-refractivity contribution in [2.24, 2.45) is 5.92 Å². The summed E-state index contributed by atoms with van der Waals surface area (Å²) in [7, 11) is 0. The van der Waals surface area contributed by atoms with Crippen molar-refractivity contribution in [3.63, 3.8) is 0 Å². The van der Waals surface area contributed by atoms with Crippen molar-refractivity contribution in [3.05, 3.63) is 40.2 Å². The van der Waals surface area contributed by atoms with Gasteiger partial charge in [-0.15, -0.1) is 24.8 Å². The zero-order chi connectivity index (χ0) is 15.4. The normalized spacial score (nSPS) is 16.1. The van der Waals surface area contributed by atoms with Crippen molar-refractivity contribution >= 4 is 42.1 Å². The fourth-order valence-electron chi connectivity index (χ4n) is 2.82. The molecule has 3 heterocycles. The number of rotatable bonds is 5. The molecule has 2 aromatic heterocycles. The Kier molecular flexibility index (Phi) is 8.70. The van der Waals surface area contributed by atoms with Gasteiger partial charge in [-0.3, -0.25) is 9.78 Å². The number of aryl methyl sites for hydroxylation is 1. The van der Waals surface area contributed by atoms with Crippen LogP contribution in [0.25, 0.3) is 11.3 Å². The molecule has 0 saturated carbocycles. The van der Waals surface area contributed by atoms with Gasteiger partial charge in [0.1, 0.15) is 0 Å². The van der Waals surface area contributed by atoms with E-state index in [-0.39, 0.29) is 30.7 Å². The van der Waals surface area contributed by atoms with Crippen molar-refractivity contribution in [1.29, 1.82) is 0 Å². The summed E-state index contributed by atoms with van der Waals surface area (Å²) >= 11 is 1.65. The van der Waals surface area contributed by atoms with Crippen molar-refractivity contribution in [2.45, 2.75) is 19.8 Å². The van der Waals surface area contributed by atoms with E-state index in [0.29, 0.717) is 11.5 Å². The first-order valence-electron chi connectivity index (χ1n) is 7.73. The zero-order valence-corrected chi connectivity index (χ0v) is 16.0. The van der Waals surface area contributed by atoms with Crippen LogP contribution in [0, 0.1) is 12.8 Å². The molecule has 4 nitrogen and oxygen atoms in total. The molecule has 0 radical (unpaired) electrons. The molecule has 1 amide bonds. The molecule has 3 rings (SSSR count). The van der Waals surface area contributed by atoms with E-state index < -0.39 is 0 Å². The van der Waals surface area contributed by atoms with E-state index in [1.807, 2.05) is 30.5 Å². The molecule has 2 aromatic rings. The highest BCUT2D eigenvalue weighted by atomic mass is 35.5. The third-order valence-corrected chi connectivity index (χ3v) is 4.83.